The molecule has 19 heavy (non-hydrogen) atoms. The highest BCUT2D eigenvalue weighted by atomic mass is 32.2. The molecule has 9 heteroatoms. The molecule has 0 atom stereocenters. The molecule has 0 amide bonds. The van der Waals surface area contributed by atoms with Gasteiger partial charge in [-0.3, -0.25) is 9.82 Å². The van der Waals surface area contributed by atoms with Crippen LogP contribution in [0.5, 0.6) is 0 Å². The first-order chi connectivity index (χ1) is 9.04. The molecule has 0 saturated carbocycles. The lowest BCUT2D eigenvalue weighted by molar-refractivity contribution is 0.318. The Labute approximate surface area is 109 Å². The fourth-order valence-electron chi connectivity index (χ4n) is 1.40. The van der Waals surface area contributed by atoms with Crippen molar-refractivity contribution in [2.24, 2.45) is 10.9 Å². The number of anilines is 1. The first-order valence-electron chi connectivity index (χ1n) is 5.14. The monoisotopic (exact) mass is 281 g/mol. The summed E-state index contributed by atoms with van der Waals surface area (Å²) >= 11 is 0. The molecule has 2 aromatic rings. The van der Waals surface area contributed by atoms with E-state index in [4.69, 9.17) is 10.9 Å². The summed E-state index contributed by atoms with van der Waals surface area (Å²) in [6.45, 7) is 0. The van der Waals surface area contributed by atoms with Crippen molar-refractivity contribution in [3.63, 3.8) is 0 Å². The van der Waals surface area contributed by atoms with Gasteiger partial charge in [-0.15, -0.1) is 0 Å². The molecule has 100 valence electrons. The van der Waals surface area contributed by atoms with Crippen molar-refractivity contribution in [1.82, 2.24) is 10.2 Å². The number of oxime groups is 1. The minimum absolute atomic E-state index is 0.0270. The minimum atomic E-state index is -3.76. The lowest BCUT2D eigenvalue weighted by Gasteiger charge is -2.07. The highest BCUT2D eigenvalue weighted by Gasteiger charge is 2.18. The Balaban J connectivity index is 2.35. The SMILES string of the molecule is NC(=NO)c1cn[nH]c1NS(=O)(=O)c1ccccc1. The number of nitrogens with one attached hydrogen (secondary N) is 2. The van der Waals surface area contributed by atoms with Gasteiger partial charge in [-0.2, -0.15) is 5.10 Å². The van der Waals surface area contributed by atoms with E-state index >= 15 is 0 Å². The predicted octanol–water partition coefficient (Wildman–Crippen LogP) is 0.305. The van der Waals surface area contributed by atoms with Crippen LogP contribution in [0.1, 0.15) is 5.56 Å². The molecule has 5 N–H and O–H groups in total. The van der Waals surface area contributed by atoms with E-state index in [-0.39, 0.29) is 22.1 Å². The zero-order chi connectivity index (χ0) is 13.9. The first kappa shape index (κ1) is 12.9. The number of rotatable bonds is 4. The normalized spacial score (nSPS) is 12.3. The van der Waals surface area contributed by atoms with Crippen molar-refractivity contribution in [2.45, 2.75) is 4.90 Å². The summed E-state index contributed by atoms with van der Waals surface area (Å²) in [5.74, 6) is -0.223. The van der Waals surface area contributed by atoms with Crippen LogP contribution < -0.4 is 10.5 Å². The number of hydrogen-bond donors (Lipinski definition) is 4. The van der Waals surface area contributed by atoms with Crippen molar-refractivity contribution in [3.05, 3.63) is 42.1 Å². The van der Waals surface area contributed by atoms with Crippen LogP contribution in [0.15, 0.2) is 46.6 Å². The van der Waals surface area contributed by atoms with Crippen LogP contribution in [0.4, 0.5) is 5.82 Å². The summed E-state index contributed by atoms with van der Waals surface area (Å²) in [6.07, 6.45) is 1.25. The molecule has 2 rings (SSSR count). The summed E-state index contributed by atoms with van der Waals surface area (Å²) in [7, 11) is -3.76. The second kappa shape index (κ2) is 4.98. The van der Waals surface area contributed by atoms with Crippen LogP contribution in [-0.2, 0) is 10.0 Å². The summed E-state index contributed by atoms with van der Waals surface area (Å²) in [5.41, 5.74) is 5.56. The molecule has 0 aliphatic heterocycles. The van der Waals surface area contributed by atoms with Gasteiger partial charge in [0.1, 0.15) is 5.82 Å². The second-order valence-corrected chi connectivity index (χ2v) is 5.24. The smallest absolute Gasteiger partial charge is 0.263 e. The van der Waals surface area contributed by atoms with E-state index in [1.165, 1.54) is 18.3 Å². The third-order valence-corrected chi connectivity index (χ3v) is 3.68. The number of nitrogens with two attached hydrogens (primary N) is 1. The number of H-pyrrole nitrogens is 1. The zero-order valence-electron chi connectivity index (χ0n) is 9.61. The molecule has 0 aliphatic carbocycles. The second-order valence-electron chi connectivity index (χ2n) is 3.56. The Kier molecular flexibility index (Phi) is 3.38. The molecule has 0 aliphatic rings. The molecule has 0 unspecified atom stereocenters. The fraction of sp³-hybridized carbons (Fsp3) is 0. The van der Waals surface area contributed by atoms with Gasteiger partial charge in [-0.05, 0) is 12.1 Å². The molecule has 0 bridgehead atoms. The average Bonchev–Trinajstić information content (AvgIpc) is 2.86. The summed E-state index contributed by atoms with van der Waals surface area (Å²) in [4.78, 5) is 0.0926. The van der Waals surface area contributed by atoms with Gasteiger partial charge in [0, 0.05) is 0 Å². The van der Waals surface area contributed by atoms with Crippen molar-refractivity contribution in [1.29, 1.82) is 0 Å². The number of sulfonamides is 1. The topological polar surface area (TPSA) is 133 Å². The Morgan fingerprint density at radius 3 is 2.68 bits per heavy atom. The molecule has 1 aromatic heterocycles. The van der Waals surface area contributed by atoms with Gasteiger partial charge in [-0.25, -0.2) is 8.42 Å². The van der Waals surface area contributed by atoms with Gasteiger partial charge >= 0.3 is 0 Å². The largest absolute Gasteiger partial charge is 0.409 e. The van der Waals surface area contributed by atoms with Crippen LogP contribution in [0.3, 0.4) is 0 Å². The third kappa shape index (κ3) is 2.65. The number of benzene rings is 1. The third-order valence-electron chi connectivity index (χ3n) is 2.31. The van der Waals surface area contributed by atoms with Gasteiger partial charge in [0.05, 0.1) is 16.7 Å². The Bertz CT molecular complexity index is 693. The lowest BCUT2D eigenvalue weighted by atomic mass is 10.3. The standard InChI is InChI=1S/C10H11N5O3S/c11-9(14-16)8-6-12-13-10(8)15-19(17,18)7-4-2-1-3-5-7/h1-6,16H,(H2,11,14)(H2,12,13,15). The van der Waals surface area contributed by atoms with Crippen molar-refractivity contribution in [2.75, 3.05) is 4.72 Å². The van der Waals surface area contributed by atoms with Gasteiger partial charge in [-0.1, -0.05) is 23.4 Å². The first-order valence-corrected chi connectivity index (χ1v) is 6.62. The number of aromatic nitrogens is 2. The van der Waals surface area contributed by atoms with Crippen molar-refractivity contribution in [3.8, 4) is 0 Å². The van der Waals surface area contributed by atoms with E-state index in [1.807, 2.05) is 0 Å². The number of aromatic amines is 1. The molecule has 0 radical (unpaired) electrons. The highest BCUT2D eigenvalue weighted by molar-refractivity contribution is 7.92. The van der Waals surface area contributed by atoms with E-state index in [1.54, 1.807) is 18.2 Å². The number of hydrogen-bond acceptors (Lipinski definition) is 5. The maximum atomic E-state index is 12.1. The van der Waals surface area contributed by atoms with Crippen molar-refractivity contribution < 1.29 is 13.6 Å². The van der Waals surface area contributed by atoms with Crippen LogP contribution in [-0.4, -0.2) is 29.7 Å². The minimum Gasteiger partial charge on any atom is -0.409 e. The van der Waals surface area contributed by atoms with E-state index < -0.39 is 10.0 Å². The van der Waals surface area contributed by atoms with E-state index in [0.717, 1.165) is 0 Å². The number of nitrogens with zero attached hydrogens (tertiary/aromatic N) is 2. The molecule has 0 spiro atoms. The van der Waals surface area contributed by atoms with Crippen LogP contribution in [0.25, 0.3) is 0 Å². The van der Waals surface area contributed by atoms with Crippen LogP contribution in [0, 0.1) is 0 Å². The predicted molar refractivity (Wildman–Crippen MR) is 68.3 cm³/mol. The number of amidine groups is 1. The quantitative estimate of drug-likeness (QED) is 0.277. The van der Waals surface area contributed by atoms with Crippen LogP contribution >= 0.6 is 0 Å². The molecular weight excluding hydrogens is 270 g/mol. The summed E-state index contributed by atoms with van der Waals surface area (Å²) in [6, 6.07) is 7.80. The molecule has 8 nitrogen and oxygen atoms in total. The Morgan fingerprint density at radius 2 is 2.05 bits per heavy atom. The van der Waals surface area contributed by atoms with Crippen molar-refractivity contribution >= 4 is 21.7 Å². The highest BCUT2D eigenvalue weighted by Crippen LogP contribution is 2.17. The molecule has 1 heterocycles. The van der Waals surface area contributed by atoms with Gasteiger partial charge in [0.25, 0.3) is 10.0 Å². The van der Waals surface area contributed by atoms with Gasteiger partial charge < -0.3 is 10.9 Å². The Hall–Kier alpha value is -2.55. The molecule has 0 saturated heterocycles. The summed E-state index contributed by atoms with van der Waals surface area (Å²) < 4.78 is 26.4. The maximum absolute atomic E-state index is 12.1. The summed E-state index contributed by atoms with van der Waals surface area (Å²) in [5, 5.41) is 17.5. The van der Waals surface area contributed by atoms with Gasteiger partial charge in [0.2, 0.25) is 0 Å². The van der Waals surface area contributed by atoms with Crippen LogP contribution in [0.2, 0.25) is 0 Å². The van der Waals surface area contributed by atoms with E-state index in [9.17, 15) is 8.42 Å². The average molecular weight is 281 g/mol. The zero-order valence-corrected chi connectivity index (χ0v) is 10.4. The lowest BCUT2D eigenvalue weighted by Crippen LogP contribution is -2.18. The molecule has 0 fully saturated rings. The van der Waals surface area contributed by atoms with E-state index in [2.05, 4.69) is 20.1 Å². The fourth-order valence-corrected chi connectivity index (χ4v) is 2.46. The maximum Gasteiger partial charge on any atom is 0.263 e. The Morgan fingerprint density at radius 1 is 1.37 bits per heavy atom. The van der Waals surface area contributed by atoms with E-state index in [0.29, 0.717) is 0 Å². The molecular formula is C10H11N5O3S. The molecule has 1 aromatic carbocycles. The van der Waals surface area contributed by atoms with Gasteiger partial charge in [0.15, 0.2) is 5.84 Å².